The number of hydrogen-bond acceptors (Lipinski definition) is 5. The molecule has 3 aromatic rings. The Morgan fingerprint density at radius 1 is 1.14 bits per heavy atom. The zero-order valence-corrected chi connectivity index (χ0v) is 24.4. The number of pyridine rings is 1. The van der Waals surface area contributed by atoms with Gasteiger partial charge < -0.3 is 10.6 Å². The van der Waals surface area contributed by atoms with Crippen LogP contribution in [0.3, 0.4) is 0 Å². The van der Waals surface area contributed by atoms with Crippen LogP contribution in [0.15, 0.2) is 40.3 Å². The normalized spacial score (nSPS) is 12.3. The second-order valence-corrected chi connectivity index (χ2v) is 13.2. The summed E-state index contributed by atoms with van der Waals surface area (Å²) in [5.74, 6) is 2.63. The van der Waals surface area contributed by atoms with Crippen molar-refractivity contribution in [3.8, 4) is 0 Å². The van der Waals surface area contributed by atoms with Gasteiger partial charge in [0.05, 0.1) is 10.0 Å². The summed E-state index contributed by atoms with van der Waals surface area (Å²) >= 11 is 11.8. The molecule has 0 bridgehead atoms. The van der Waals surface area contributed by atoms with Gasteiger partial charge in [-0.2, -0.15) is 0 Å². The molecule has 0 spiro atoms. The summed E-state index contributed by atoms with van der Waals surface area (Å²) in [5.41, 5.74) is 2.94. The molecule has 2 heterocycles. The van der Waals surface area contributed by atoms with Gasteiger partial charge in [0, 0.05) is 27.8 Å². The van der Waals surface area contributed by atoms with Crippen LogP contribution in [-0.4, -0.2) is 29.1 Å². The van der Waals surface area contributed by atoms with Crippen LogP contribution in [0, 0.1) is 12.8 Å². The summed E-state index contributed by atoms with van der Waals surface area (Å²) in [6.07, 6.45) is 3.24. The lowest BCUT2D eigenvalue weighted by molar-refractivity contribution is 0.251. The number of aryl methyl sites for hydroxylation is 1. The molecule has 35 heavy (non-hydrogen) atoms. The Balaban J connectivity index is 1.80. The van der Waals surface area contributed by atoms with Crippen molar-refractivity contribution in [1.29, 1.82) is 0 Å². The minimum absolute atomic E-state index is 0.160. The zero-order valence-electron chi connectivity index (χ0n) is 21.2. The number of halogens is 1. The average molecular weight is 550 g/mol. The van der Waals surface area contributed by atoms with Gasteiger partial charge in [0.2, 0.25) is 0 Å². The highest BCUT2D eigenvalue weighted by Crippen LogP contribution is 2.41. The lowest BCUT2D eigenvalue weighted by Gasteiger charge is -2.20. The van der Waals surface area contributed by atoms with Gasteiger partial charge in [-0.1, -0.05) is 70.3 Å². The molecule has 2 amide bonds. The van der Waals surface area contributed by atoms with Crippen LogP contribution < -0.4 is 10.6 Å². The minimum atomic E-state index is -0.198. The number of thiophene rings is 1. The maximum absolute atomic E-state index is 13.1. The number of aromatic nitrogens is 1. The van der Waals surface area contributed by atoms with E-state index in [0.29, 0.717) is 12.5 Å². The van der Waals surface area contributed by atoms with Gasteiger partial charge in [0.25, 0.3) is 0 Å². The molecule has 2 N–H and O–H groups in total. The average Bonchev–Trinajstić information content (AvgIpc) is 3.14. The Hall–Kier alpha value is -1.41. The molecule has 1 aromatic carbocycles. The fourth-order valence-electron chi connectivity index (χ4n) is 4.15. The number of nitrogens with zero attached hydrogens (tertiary/aromatic N) is 1. The van der Waals surface area contributed by atoms with Gasteiger partial charge >= 0.3 is 6.03 Å². The first-order valence-corrected chi connectivity index (χ1v) is 15.5. The summed E-state index contributed by atoms with van der Waals surface area (Å²) in [7, 11) is 0. The van der Waals surface area contributed by atoms with Gasteiger partial charge in [-0.25, -0.2) is 9.78 Å². The standard InChI is InChI=1S/C27H36ClN3OS3/c1-6-33-22-15-18(5)30-26(34-7-2)24(22)31-27(32)29-16-19(12-10-11-17(3)4)23-20-13-8-9-14-21(20)35-25(23)28/h8-9,13-15,17,19H,6-7,10-12,16H2,1-5H3,(H2,29,31,32). The van der Waals surface area contributed by atoms with Crippen LogP contribution in [0.4, 0.5) is 10.5 Å². The third-order valence-electron chi connectivity index (χ3n) is 5.74. The molecular weight excluding hydrogens is 514 g/mol. The summed E-state index contributed by atoms with van der Waals surface area (Å²) in [6.45, 7) is 11.3. The van der Waals surface area contributed by atoms with E-state index in [1.54, 1.807) is 34.9 Å². The highest BCUT2D eigenvalue weighted by Gasteiger charge is 2.22. The monoisotopic (exact) mass is 549 g/mol. The van der Waals surface area contributed by atoms with Crippen molar-refractivity contribution < 1.29 is 4.79 Å². The van der Waals surface area contributed by atoms with Gasteiger partial charge in [0.1, 0.15) is 5.03 Å². The molecule has 1 unspecified atom stereocenters. The van der Waals surface area contributed by atoms with Crippen molar-refractivity contribution >= 4 is 68.3 Å². The summed E-state index contributed by atoms with van der Waals surface area (Å²) in [5, 5.41) is 8.34. The van der Waals surface area contributed by atoms with Gasteiger partial charge in [-0.05, 0) is 53.9 Å². The molecule has 0 radical (unpaired) electrons. The molecule has 3 rings (SSSR count). The number of anilines is 1. The van der Waals surface area contributed by atoms with Crippen molar-refractivity contribution in [2.45, 2.75) is 69.7 Å². The third-order valence-corrected chi connectivity index (χ3v) is 8.93. The number of carbonyl (C=O) groups is 1. The fourth-order valence-corrected chi connectivity index (χ4v) is 7.38. The van der Waals surface area contributed by atoms with Gasteiger partial charge in [0.15, 0.2) is 0 Å². The van der Waals surface area contributed by atoms with E-state index in [-0.39, 0.29) is 11.9 Å². The Morgan fingerprint density at radius 2 is 1.89 bits per heavy atom. The van der Waals surface area contributed by atoms with Crippen molar-refractivity contribution in [2.24, 2.45) is 5.92 Å². The van der Waals surface area contributed by atoms with E-state index in [0.717, 1.165) is 62.0 Å². The molecule has 4 nitrogen and oxygen atoms in total. The summed E-state index contributed by atoms with van der Waals surface area (Å²) in [4.78, 5) is 18.9. The highest BCUT2D eigenvalue weighted by atomic mass is 35.5. The smallest absolute Gasteiger partial charge is 0.319 e. The SMILES string of the molecule is CCSc1cc(C)nc(SCC)c1NC(=O)NCC(CCCC(C)C)c1c(Cl)sc2ccccc12. The first-order valence-electron chi connectivity index (χ1n) is 12.3. The molecule has 0 saturated heterocycles. The molecule has 1 atom stereocenters. The second-order valence-electron chi connectivity index (χ2n) is 8.95. The van der Waals surface area contributed by atoms with Crippen LogP contribution in [0.5, 0.6) is 0 Å². The largest absolute Gasteiger partial charge is 0.337 e. The first kappa shape index (κ1) is 28.2. The van der Waals surface area contributed by atoms with Crippen LogP contribution in [0.25, 0.3) is 10.1 Å². The predicted molar refractivity (Wildman–Crippen MR) is 157 cm³/mol. The van der Waals surface area contributed by atoms with E-state index < -0.39 is 0 Å². The molecule has 8 heteroatoms. The van der Waals surface area contributed by atoms with E-state index in [4.69, 9.17) is 11.6 Å². The van der Waals surface area contributed by atoms with E-state index >= 15 is 0 Å². The van der Waals surface area contributed by atoms with Crippen molar-refractivity contribution in [3.05, 3.63) is 45.9 Å². The van der Waals surface area contributed by atoms with Crippen molar-refractivity contribution in [2.75, 3.05) is 23.4 Å². The molecule has 0 aliphatic heterocycles. The highest BCUT2D eigenvalue weighted by molar-refractivity contribution is 8.00. The Bertz CT molecular complexity index is 1110. The molecule has 0 aliphatic carbocycles. The number of thioether (sulfide) groups is 2. The molecule has 2 aromatic heterocycles. The number of amides is 2. The predicted octanol–water partition coefficient (Wildman–Crippen LogP) is 9.21. The van der Waals surface area contributed by atoms with E-state index in [9.17, 15) is 4.79 Å². The maximum Gasteiger partial charge on any atom is 0.319 e. The third kappa shape index (κ3) is 7.78. The molecule has 0 fully saturated rings. The van der Waals surface area contributed by atoms with E-state index in [2.05, 4.69) is 67.6 Å². The van der Waals surface area contributed by atoms with Gasteiger partial charge in [-0.3, -0.25) is 0 Å². The fraction of sp³-hybridized carbons (Fsp3) is 0.481. The zero-order chi connectivity index (χ0) is 25.4. The number of hydrogen-bond donors (Lipinski definition) is 2. The molecule has 0 aliphatic rings. The van der Waals surface area contributed by atoms with Crippen LogP contribution in [0.1, 0.15) is 64.1 Å². The number of carbonyl (C=O) groups excluding carboxylic acids is 1. The van der Waals surface area contributed by atoms with Crippen LogP contribution in [0.2, 0.25) is 4.34 Å². The van der Waals surface area contributed by atoms with Crippen molar-refractivity contribution in [1.82, 2.24) is 10.3 Å². The number of benzene rings is 1. The van der Waals surface area contributed by atoms with E-state index in [1.165, 1.54) is 10.1 Å². The number of rotatable bonds is 12. The minimum Gasteiger partial charge on any atom is -0.337 e. The Kier molecular flexibility index (Phi) is 11.1. The summed E-state index contributed by atoms with van der Waals surface area (Å²) in [6, 6.07) is 10.2. The summed E-state index contributed by atoms with van der Waals surface area (Å²) < 4.78 is 2.02. The first-order chi connectivity index (χ1) is 16.8. The Morgan fingerprint density at radius 3 is 2.60 bits per heavy atom. The maximum atomic E-state index is 13.1. The Labute approximate surface area is 227 Å². The van der Waals surface area contributed by atoms with Gasteiger partial charge in [-0.15, -0.1) is 34.9 Å². The molecular formula is C27H36ClN3OS3. The quantitative estimate of drug-likeness (QED) is 0.221. The van der Waals surface area contributed by atoms with Crippen molar-refractivity contribution in [3.63, 3.8) is 0 Å². The molecule has 190 valence electrons. The molecule has 0 saturated carbocycles. The number of nitrogens with one attached hydrogen (secondary N) is 2. The topological polar surface area (TPSA) is 54.0 Å². The lowest BCUT2D eigenvalue weighted by Crippen LogP contribution is -2.33. The lowest BCUT2D eigenvalue weighted by atomic mass is 9.91. The van der Waals surface area contributed by atoms with Crippen LogP contribution >= 0.6 is 46.5 Å². The number of fused-ring (bicyclic) bond motifs is 1. The van der Waals surface area contributed by atoms with E-state index in [1.807, 2.05) is 13.0 Å². The second kappa shape index (κ2) is 13.8. The number of urea groups is 1. The van der Waals surface area contributed by atoms with Crippen LogP contribution in [-0.2, 0) is 0 Å².